The number of hydrogen-bond acceptors (Lipinski definition) is 4. The van der Waals surface area contributed by atoms with Gasteiger partial charge < -0.3 is 19.5 Å². The topological polar surface area (TPSA) is 76.1 Å². The van der Waals surface area contributed by atoms with E-state index in [1.165, 1.54) is 0 Å². The molecule has 0 spiro atoms. The molecular weight excluding hydrogens is 274 g/mol. The Bertz CT molecular complexity index is 334. The maximum absolute atomic E-state index is 12.3. The van der Waals surface area contributed by atoms with Crippen LogP contribution in [0.1, 0.15) is 39.5 Å². The van der Waals surface area contributed by atoms with Gasteiger partial charge >= 0.3 is 5.97 Å². The molecule has 0 radical (unpaired) electrons. The molecule has 122 valence electrons. The number of carbonyl (C=O) groups excluding carboxylic acids is 1. The first-order chi connectivity index (χ1) is 10.0. The van der Waals surface area contributed by atoms with Crippen molar-refractivity contribution in [2.45, 2.75) is 45.6 Å². The molecule has 0 aliphatic carbocycles. The van der Waals surface area contributed by atoms with E-state index in [2.05, 4.69) is 0 Å². The van der Waals surface area contributed by atoms with Crippen LogP contribution < -0.4 is 0 Å². The molecule has 0 bridgehead atoms. The fraction of sp³-hybridized carbons (Fsp3) is 0.867. The second-order valence-electron chi connectivity index (χ2n) is 5.43. The van der Waals surface area contributed by atoms with Crippen LogP contribution in [0.5, 0.6) is 0 Å². The maximum atomic E-state index is 12.3. The summed E-state index contributed by atoms with van der Waals surface area (Å²) < 4.78 is 10.7. The van der Waals surface area contributed by atoms with Crippen LogP contribution in [0, 0.1) is 5.92 Å². The summed E-state index contributed by atoms with van der Waals surface area (Å²) in [5.74, 6) is -0.493. The van der Waals surface area contributed by atoms with Crippen LogP contribution in [-0.4, -0.2) is 60.9 Å². The Labute approximate surface area is 126 Å². The largest absolute Gasteiger partial charge is 0.481 e. The predicted molar refractivity (Wildman–Crippen MR) is 78.1 cm³/mol. The van der Waals surface area contributed by atoms with Gasteiger partial charge in [0.1, 0.15) is 6.10 Å². The number of carboxylic acid groups (broad SMARTS) is 1. The van der Waals surface area contributed by atoms with Gasteiger partial charge in [-0.2, -0.15) is 0 Å². The van der Waals surface area contributed by atoms with Gasteiger partial charge in [0.05, 0.1) is 13.2 Å². The number of rotatable bonds is 9. The molecule has 1 saturated heterocycles. The number of nitrogens with zero attached hydrogens (tertiary/aromatic N) is 1. The molecule has 1 heterocycles. The van der Waals surface area contributed by atoms with Crippen molar-refractivity contribution in [3.05, 3.63) is 0 Å². The van der Waals surface area contributed by atoms with Crippen molar-refractivity contribution in [1.82, 2.24) is 4.90 Å². The molecule has 1 aliphatic rings. The van der Waals surface area contributed by atoms with Crippen molar-refractivity contribution in [2.75, 3.05) is 32.9 Å². The second-order valence-corrected chi connectivity index (χ2v) is 5.43. The Morgan fingerprint density at radius 2 is 2.14 bits per heavy atom. The zero-order valence-electron chi connectivity index (χ0n) is 13.0. The lowest BCUT2D eigenvalue weighted by molar-refractivity contribution is -0.145. The van der Waals surface area contributed by atoms with Crippen molar-refractivity contribution < 1.29 is 24.2 Å². The third-order valence-electron chi connectivity index (χ3n) is 3.74. The molecule has 1 amide bonds. The summed E-state index contributed by atoms with van der Waals surface area (Å²) in [6.07, 6.45) is 2.27. The van der Waals surface area contributed by atoms with Gasteiger partial charge in [0.25, 0.3) is 5.91 Å². The second kappa shape index (κ2) is 9.73. The summed E-state index contributed by atoms with van der Waals surface area (Å²) in [5, 5.41) is 8.74. The molecular formula is C15H27NO5. The standard InChI is InChI=1S/C15H27NO5/c1-3-20-9-10-21-12(2)15(19)16-8-4-5-13(11-16)6-7-14(17)18/h12-13H,3-11H2,1-2H3,(H,17,18). The van der Waals surface area contributed by atoms with Crippen molar-refractivity contribution in [1.29, 1.82) is 0 Å². The molecule has 0 saturated carbocycles. The summed E-state index contributed by atoms with van der Waals surface area (Å²) >= 11 is 0. The monoisotopic (exact) mass is 301 g/mol. The number of aliphatic carboxylic acids is 1. The minimum atomic E-state index is -0.772. The highest BCUT2D eigenvalue weighted by molar-refractivity contribution is 5.80. The Kier molecular flexibility index (Phi) is 8.30. The SMILES string of the molecule is CCOCCOC(C)C(=O)N1CCCC(CCC(=O)O)C1. The van der Waals surface area contributed by atoms with Gasteiger partial charge in [0, 0.05) is 26.1 Å². The highest BCUT2D eigenvalue weighted by Gasteiger charge is 2.27. The van der Waals surface area contributed by atoms with E-state index in [1.54, 1.807) is 11.8 Å². The highest BCUT2D eigenvalue weighted by atomic mass is 16.5. The fourth-order valence-corrected chi connectivity index (χ4v) is 2.59. The van der Waals surface area contributed by atoms with Crippen molar-refractivity contribution in [3.63, 3.8) is 0 Å². The lowest BCUT2D eigenvalue weighted by Gasteiger charge is -2.34. The zero-order chi connectivity index (χ0) is 15.7. The van der Waals surface area contributed by atoms with E-state index in [-0.39, 0.29) is 18.2 Å². The van der Waals surface area contributed by atoms with Gasteiger partial charge in [-0.1, -0.05) is 0 Å². The first kappa shape index (κ1) is 17.9. The number of ether oxygens (including phenoxy) is 2. The normalized spacial score (nSPS) is 20.3. The zero-order valence-corrected chi connectivity index (χ0v) is 13.0. The van der Waals surface area contributed by atoms with Gasteiger partial charge in [-0.05, 0) is 39.0 Å². The summed E-state index contributed by atoms with van der Waals surface area (Å²) in [4.78, 5) is 24.7. The fourth-order valence-electron chi connectivity index (χ4n) is 2.59. The summed E-state index contributed by atoms with van der Waals surface area (Å²) in [6, 6.07) is 0. The quantitative estimate of drug-likeness (QED) is 0.654. The average molecular weight is 301 g/mol. The minimum Gasteiger partial charge on any atom is -0.481 e. The van der Waals surface area contributed by atoms with Crippen LogP contribution in [0.4, 0.5) is 0 Å². The molecule has 1 N–H and O–H groups in total. The van der Waals surface area contributed by atoms with E-state index in [0.29, 0.717) is 32.8 Å². The molecule has 6 heteroatoms. The Balaban J connectivity index is 2.33. The number of likely N-dealkylation sites (tertiary alicyclic amines) is 1. The number of piperidine rings is 1. The molecule has 2 unspecified atom stereocenters. The van der Waals surface area contributed by atoms with Crippen LogP contribution in [-0.2, 0) is 19.1 Å². The first-order valence-electron chi connectivity index (χ1n) is 7.74. The van der Waals surface area contributed by atoms with Gasteiger partial charge in [0.2, 0.25) is 0 Å². The van der Waals surface area contributed by atoms with Gasteiger partial charge in [-0.15, -0.1) is 0 Å². The summed E-state index contributed by atoms with van der Waals surface area (Å²) in [7, 11) is 0. The summed E-state index contributed by atoms with van der Waals surface area (Å²) in [5.41, 5.74) is 0. The third kappa shape index (κ3) is 6.91. The molecule has 0 aromatic carbocycles. The molecule has 6 nitrogen and oxygen atoms in total. The molecule has 0 aromatic heterocycles. The van der Waals surface area contributed by atoms with Crippen LogP contribution in [0.3, 0.4) is 0 Å². The van der Waals surface area contributed by atoms with Crippen molar-refractivity contribution in [2.24, 2.45) is 5.92 Å². The lowest BCUT2D eigenvalue weighted by Crippen LogP contribution is -2.45. The Hall–Kier alpha value is -1.14. The Morgan fingerprint density at radius 3 is 2.81 bits per heavy atom. The average Bonchev–Trinajstić information content (AvgIpc) is 2.49. The molecule has 1 aliphatic heterocycles. The molecule has 21 heavy (non-hydrogen) atoms. The molecule has 1 rings (SSSR count). The van der Waals surface area contributed by atoms with Gasteiger partial charge in [0.15, 0.2) is 0 Å². The number of amides is 1. The van der Waals surface area contributed by atoms with Crippen LogP contribution in [0.15, 0.2) is 0 Å². The van der Waals surface area contributed by atoms with E-state index in [0.717, 1.165) is 19.4 Å². The minimum absolute atomic E-state index is 0.00785. The number of carbonyl (C=O) groups is 2. The van der Waals surface area contributed by atoms with Crippen LogP contribution >= 0.6 is 0 Å². The van der Waals surface area contributed by atoms with E-state index >= 15 is 0 Å². The Morgan fingerprint density at radius 1 is 1.38 bits per heavy atom. The first-order valence-corrected chi connectivity index (χ1v) is 7.74. The number of hydrogen-bond donors (Lipinski definition) is 1. The van der Waals surface area contributed by atoms with Crippen molar-refractivity contribution in [3.8, 4) is 0 Å². The number of carboxylic acids is 1. The van der Waals surface area contributed by atoms with Gasteiger partial charge in [-0.25, -0.2) is 0 Å². The van der Waals surface area contributed by atoms with E-state index < -0.39 is 12.1 Å². The van der Waals surface area contributed by atoms with Crippen LogP contribution in [0.2, 0.25) is 0 Å². The highest BCUT2D eigenvalue weighted by Crippen LogP contribution is 2.21. The molecule has 2 atom stereocenters. The molecule has 1 fully saturated rings. The van der Waals surface area contributed by atoms with Crippen molar-refractivity contribution >= 4 is 11.9 Å². The predicted octanol–water partition coefficient (Wildman–Crippen LogP) is 1.53. The smallest absolute Gasteiger partial charge is 0.303 e. The lowest BCUT2D eigenvalue weighted by atomic mass is 9.93. The summed E-state index contributed by atoms with van der Waals surface area (Å²) in [6.45, 7) is 6.61. The van der Waals surface area contributed by atoms with Crippen LogP contribution in [0.25, 0.3) is 0 Å². The maximum Gasteiger partial charge on any atom is 0.303 e. The third-order valence-corrected chi connectivity index (χ3v) is 3.74. The van der Waals surface area contributed by atoms with E-state index in [1.807, 2.05) is 6.92 Å². The van der Waals surface area contributed by atoms with E-state index in [9.17, 15) is 9.59 Å². The van der Waals surface area contributed by atoms with E-state index in [4.69, 9.17) is 14.6 Å². The van der Waals surface area contributed by atoms with Gasteiger partial charge in [-0.3, -0.25) is 9.59 Å². The molecule has 0 aromatic rings.